The van der Waals surface area contributed by atoms with Crippen LogP contribution < -0.4 is 4.74 Å². The van der Waals surface area contributed by atoms with E-state index in [1.54, 1.807) is 0 Å². The molecule has 6 nitrogen and oxygen atoms in total. The second kappa shape index (κ2) is 6.15. The molecule has 3 rings (SSSR count). The van der Waals surface area contributed by atoms with Gasteiger partial charge in [-0.2, -0.15) is 27.1 Å². The monoisotopic (exact) mass is 360 g/mol. The Balaban J connectivity index is 1.85. The van der Waals surface area contributed by atoms with Crippen LogP contribution in [-0.4, -0.2) is 26.6 Å². The molecule has 25 heavy (non-hydrogen) atoms. The van der Waals surface area contributed by atoms with Crippen molar-refractivity contribution in [2.75, 3.05) is 0 Å². The highest BCUT2D eigenvalue weighted by molar-refractivity contribution is 5.57. The zero-order valence-corrected chi connectivity index (χ0v) is 12.5. The maximum absolute atomic E-state index is 12.8. The normalized spacial score (nSPS) is 12.0. The standard InChI is InChI=1S/C14H9F5N4O2/c1-23-10(14(17,18)19)6-9(22-23)12-21-20-11(25-12)7-2-4-8(5-3-7)24-13(15)16/h2-6,13H,1H3. The summed E-state index contributed by atoms with van der Waals surface area (Å²) >= 11 is 0. The van der Waals surface area contributed by atoms with Crippen LogP contribution in [0.3, 0.4) is 0 Å². The zero-order chi connectivity index (χ0) is 18.2. The van der Waals surface area contributed by atoms with E-state index in [1.165, 1.54) is 24.3 Å². The summed E-state index contributed by atoms with van der Waals surface area (Å²) in [6.07, 6.45) is -4.57. The lowest BCUT2D eigenvalue weighted by Gasteiger charge is -2.04. The van der Waals surface area contributed by atoms with Gasteiger partial charge in [-0.25, -0.2) is 0 Å². The molecule has 1 aromatic carbocycles. The van der Waals surface area contributed by atoms with Crippen LogP contribution in [0.1, 0.15) is 5.69 Å². The van der Waals surface area contributed by atoms with E-state index in [-0.39, 0.29) is 23.2 Å². The molecule has 3 aromatic rings. The number of benzene rings is 1. The highest BCUT2D eigenvalue weighted by Crippen LogP contribution is 2.32. The Labute approximate surface area is 136 Å². The van der Waals surface area contributed by atoms with Gasteiger partial charge in [-0.05, 0) is 24.3 Å². The molecule has 0 saturated heterocycles. The lowest BCUT2D eigenvalue weighted by molar-refractivity contribution is -0.143. The van der Waals surface area contributed by atoms with Gasteiger partial charge in [-0.3, -0.25) is 4.68 Å². The van der Waals surface area contributed by atoms with Crippen molar-refractivity contribution in [3.63, 3.8) is 0 Å². The van der Waals surface area contributed by atoms with E-state index in [9.17, 15) is 22.0 Å². The summed E-state index contributed by atoms with van der Waals surface area (Å²) in [5, 5.41) is 11.1. The minimum atomic E-state index is -4.57. The number of halogens is 5. The summed E-state index contributed by atoms with van der Waals surface area (Å²) in [5.74, 6) is -0.259. The Hall–Kier alpha value is -2.98. The van der Waals surface area contributed by atoms with Crippen molar-refractivity contribution in [2.45, 2.75) is 12.8 Å². The largest absolute Gasteiger partial charge is 0.435 e. The predicted molar refractivity (Wildman–Crippen MR) is 73.6 cm³/mol. The van der Waals surface area contributed by atoms with E-state index in [0.29, 0.717) is 10.2 Å². The van der Waals surface area contributed by atoms with Gasteiger partial charge in [0.25, 0.3) is 5.89 Å². The highest BCUT2D eigenvalue weighted by atomic mass is 19.4. The van der Waals surface area contributed by atoms with Crippen molar-refractivity contribution in [3.8, 4) is 28.8 Å². The van der Waals surface area contributed by atoms with Crippen LogP contribution in [0.2, 0.25) is 0 Å². The van der Waals surface area contributed by atoms with Crippen LogP contribution >= 0.6 is 0 Å². The molecule has 0 N–H and O–H groups in total. The first-order chi connectivity index (χ1) is 11.7. The number of alkyl halides is 5. The predicted octanol–water partition coefficient (Wildman–Crippen LogP) is 3.76. The molecule has 0 spiro atoms. The van der Waals surface area contributed by atoms with Crippen LogP contribution in [-0.2, 0) is 13.2 Å². The molecule has 0 radical (unpaired) electrons. The first kappa shape index (κ1) is 16.9. The number of rotatable bonds is 4. The molecule has 0 unspecified atom stereocenters. The van der Waals surface area contributed by atoms with Crippen molar-refractivity contribution in [1.29, 1.82) is 0 Å². The summed E-state index contributed by atoms with van der Waals surface area (Å²) in [4.78, 5) is 0. The second-order valence-corrected chi connectivity index (χ2v) is 4.85. The molecule has 11 heteroatoms. The van der Waals surface area contributed by atoms with Gasteiger partial charge in [-0.15, -0.1) is 10.2 Å². The summed E-state index contributed by atoms with van der Waals surface area (Å²) < 4.78 is 72.7. The number of ether oxygens (including phenoxy) is 1. The fraction of sp³-hybridized carbons (Fsp3) is 0.214. The Morgan fingerprint density at radius 1 is 1.08 bits per heavy atom. The van der Waals surface area contributed by atoms with E-state index < -0.39 is 18.5 Å². The van der Waals surface area contributed by atoms with Crippen LogP contribution in [0.25, 0.3) is 23.0 Å². The molecule has 0 aliphatic rings. The van der Waals surface area contributed by atoms with Gasteiger partial charge in [-0.1, -0.05) is 0 Å². The van der Waals surface area contributed by atoms with Crippen molar-refractivity contribution in [1.82, 2.24) is 20.0 Å². The van der Waals surface area contributed by atoms with Gasteiger partial charge >= 0.3 is 12.8 Å². The molecule has 2 heterocycles. The summed E-state index contributed by atoms with van der Waals surface area (Å²) in [6, 6.07) is 6.13. The molecule has 132 valence electrons. The van der Waals surface area contributed by atoms with E-state index in [1.807, 2.05) is 0 Å². The summed E-state index contributed by atoms with van der Waals surface area (Å²) in [5.41, 5.74) is -0.714. The molecule has 0 amide bonds. The lowest BCUT2D eigenvalue weighted by atomic mass is 10.2. The van der Waals surface area contributed by atoms with Gasteiger partial charge in [0.15, 0.2) is 0 Å². The number of nitrogens with zero attached hydrogens (tertiary/aromatic N) is 4. The lowest BCUT2D eigenvalue weighted by Crippen LogP contribution is -2.11. The maximum atomic E-state index is 12.8. The molecule has 0 saturated carbocycles. The SMILES string of the molecule is Cn1nc(-c2nnc(-c3ccc(OC(F)F)cc3)o2)cc1C(F)(F)F. The molecular formula is C14H9F5N4O2. The molecular weight excluding hydrogens is 351 g/mol. The average Bonchev–Trinajstić information content (AvgIpc) is 3.13. The van der Waals surface area contributed by atoms with E-state index in [0.717, 1.165) is 13.1 Å². The van der Waals surface area contributed by atoms with E-state index in [2.05, 4.69) is 20.0 Å². The third-order valence-corrected chi connectivity index (χ3v) is 3.14. The summed E-state index contributed by atoms with van der Waals surface area (Å²) in [6.45, 7) is -2.95. The number of aromatic nitrogens is 4. The van der Waals surface area contributed by atoms with Crippen LogP contribution in [0.15, 0.2) is 34.7 Å². The quantitative estimate of drug-likeness (QED) is 0.663. The number of hydrogen-bond acceptors (Lipinski definition) is 5. The van der Waals surface area contributed by atoms with Gasteiger partial charge in [0.05, 0.1) is 0 Å². The Kier molecular flexibility index (Phi) is 4.15. The minimum Gasteiger partial charge on any atom is -0.435 e. The molecule has 2 aromatic heterocycles. The van der Waals surface area contributed by atoms with E-state index >= 15 is 0 Å². The van der Waals surface area contributed by atoms with Crippen molar-refractivity contribution < 1.29 is 31.1 Å². The number of aryl methyl sites for hydroxylation is 1. The average molecular weight is 360 g/mol. The van der Waals surface area contributed by atoms with Crippen molar-refractivity contribution >= 4 is 0 Å². The third kappa shape index (κ3) is 3.59. The first-order valence-corrected chi connectivity index (χ1v) is 6.74. The molecule has 0 atom stereocenters. The Morgan fingerprint density at radius 3 is 2.28 bits per heavy atom. The first-order valence-electron chi connectivity index (χ1n) is 6.74. The summed E-state index contributed by atoms with van der Waals surface area (Å²) in [7, 11) is 1.14. The van der Waals surface area contributed by atoms with Gasteiger partial charge in [0, 0.05) is 18.7 Å². The zero-order valence-electron chi connectivity index (χ0n) is 12.5. The maximum Gasteiger partial charge on any atom is 0.433 e. The van der Waals surface area contributed by atoms with Crippen molar-refractivity contribution in [3.05, 3.63) is 36.0 Å². The molecule has 0 aliphatic heterocycles. The Morgan fingerprint density at radius 2 is 1.72 bits per heavy atom. The topological polar surface area (TPSA) is 66.0 Å². The highest BCUT2D eigenvalue weighted by Gasteiger charge is 2.35. The van der Waals surface area contributed by atoms with Gasteiger partial charge < -0.3 is 9.15 Å². The smallest absolute Gasteiger partial charge is 0.433 e. The van der Waals surface area contributed by atoms with Crippen molar-refractivity contribution in [2.24, 2.45) is 7.05 Å². The molecule has 0 bridgehead atoms. The second-order valence-electron chi connectivity index (χ2n) is 4.85. The van der Waals surface area contributed by atoms with Gasteiger partial charge in [0.1, 0.15) is 17.1 Å². The van der Waals surface area contributed by atoms with Crippen LogP contribution in [0.4, 0.5) is 22.0 Å². The van der Waals surface area contributed by atoms with Crippen LogP contribution in [0, 0.1) is 0 Å². The third-order valence-electron chi connectivity index (χ3n) is 3.14. The number of hydrogen-bond donors (Lipinski definition) is 0. The minimum absolute atomic E-state index is 0.00203. The Bertz CT molecular complexity index is 870. The molecule has 0 aliphatic carbocycles. The molecule has 0 fully saturated rings. The fourth-order valence-electron chi connectivity index (χ4n) is 2.06. The van der Waals surface area contributed by atoms with Gasteiger partial charge in [0.2, 0.25) is 5.89 Å². The van der Waals surface area contributed by atoms with E-state index in [4.69, 9.17) is 4.42 Å². The fourth-order valence-corrected chi connectivity index (χ4v) is 2.06. The van der Waals surface area contributed by atoms with Crippen LogP contribution in [0.5, 0.6) is 5.75 Å².